The van der Waals surface area contributed by atoms with Gasteiger partial charge < -0.3 is 5.32 Å². The van der Waals surface area contributed by atoms with E-state index in [2.05, 4.69) is 29.4 Å². The average molecular weight is 222 g/mol. The van der Waals surface area contributed by atoms with Crippen molar-refractivity contribution in [2.75, 3.05) is 5.75 Å². The third-order valence-corrected chi connectivity index (χ3v) is 3.57. The Morgan fingerprint density at radius 1 is 1.47 bits per heavy atom. The predicted octanol–water partition coefficient (Wildman–Crippen LogP) is 2.84. The second-order valence-corrected chi connectivity index (χ2v) is 5.12. The molecule has 0 aromatic carbocycles. The molecule has 1 aliphatic carbocycles. The fourth-order valence-electron chi connectivity index (χ4n) is 1.36. The maximum atomic E-state index is 4.44. The van der Waals surface area contributed by atoms with E-state index >= 15 is 0 Å². The van der Waals surface area contributed by atoms with Crippen molar-refractivity contribution < 1.29 is 0 Å². The van der Waals surface area contributed by atoms with Gasteiger partial charge in [-0.05, 0) is 36.6 Å². The highest BCUT2D eigenvalue weighted by atomic mass is 32.2. The molecule has 0 radical (unpaired) electrons. The van der Waals surface area contributed by atoms with Crippen molar-refractivity contribution in [2.24, 2.45) is 0 Å². The van der Waals surface area contributed by atoms with Gasteiger partial charge in [-0.2, -0.15) is 0 Å². The number of nitrogens with zero attached hydrogens (tertiary/aromatic N) is 1. The number of pyridine rings is 1. The first-order valence-corrected chi connectivity index (χ1v) is 6.68. The Morgan fingerprint density at radius 3 is 2.93 bits per heavy atom. The summed E-state index contributed by atoms with van der Waals surface area (Å²) in [5.41, 5.74) is 1.29. The lowest BCUT2D eigenvalue weighted by Gasteiger charge is -2.03. The molecule has 3 heteroatoms. The standard InChI is InChI=1S/C12H18N2S/c1-2-7-15-12-6-3-10(9-14-12)8-13-11-4-5-11/h3,6,9,11,13H,2,4-5,7-8H2,1H3. The summed E-state index contributed by atoms with van der Waals surface area (Å²) in [5, 5.41) is 4.63. The lowest BCUT2D eigenvalue weighted by atomic mass is 10.3. The van der Waals surface area contributed by atoms with Crippen molar-refractivity contribution in [3.8, 4) is 0 Å². The van der Waals surface area contributed by atoms with Crippen LogP contribution in [0, 0.1) is 0 Å². The number of hydrogen-bond donors (Lipinski definition) is 1. The van der Waals surface area contributed by atoms with Crippen LogP contribution >= 0.6 is 11.8 Å². The minimum absolute atomic E-state index is 0.777. The van der Waals surface area contributed by atoms with E-state index in [0.717, 1.165) is 23.4 Å². The molecule has 1 aliphatic rings. The fraction of sp³-hybridized carbons (Fsp3) is 0.583. The van der Waals surface area contributed by atoms with Gasteiger partial charge in [0.15, 0.2) is 0 Å². The van der Waals surface area contributed by atoms with Gasteiger partial charge in [-0.15, -0.1) is 11.8 Å². The molecule has 1 N–H and O–H groups in total. The van der Waals surface area contributed by atoms with Crippen LogP contribution in [-0.2, 0) is 6.54 Å². The zero-order chi connectivity index (χ0) is 10.5. The summed E-state index contributed by atoms with van der Waals surface area (Å²) in [6, 6.07) is 5.09. The SMILES string of the molecule is CCCSc1ccc(CNC2CC2)cn1. The largest absolute Gasteiger partial charge is 0.310 e. The number of nitrogens with one attached hydrogen (secondary N) is 1. The Labute approximate surface area is 95.9 Å². The molecule has 2 nitrogen and oxygen atoms in total. The van der Waals surface area contributed by atoms with Gasteiger partial charge in [0.05, 0.1) is 5.03 Å². The van der Waals surface area contributed by atoms with Crippen molar-refractivity contribution in [3.63, 3.8) is 0 Å². The van der Waals surface area contributed by atoms with Crippen LogP contribution in [0.5, 0.6) is 0 Å². The summed E-state index contributed by atoms with van der Waals surface area (Å²) in [7, 11) is 0. The number of hydrogen-bond acceptors (Lipinski definition) is 3. The molecule has 1 aromatic heterocycles. The summed E-state index contributed by atoms with van der Waals surface area (Å²) >= 11 is 1.83. The number of thioether (sulfide) groups is 1. The van der Waals surface area contributed by atoms with E-state index in [1.807, 2.05) is 18.0 Å². The molecule has 1 saturated carbocycles. The monoisotopic (exact) mass is 222 g/mol. The maximum Gasteiger partial charge on any atom is 0.0960 e. The van der Waals surface area contributed by atoms with E-state index in [-0.39, 0.29) is 0 Å². The van der Waals surface area contributed by atoms with Crippen molar-refractivity contribution >= 4 is 11.8 Å². The molecule has 2 rings (SSSR count). The van der Waals surface area contributed by atoms with Gasteiger partial charge in [0.2, 0.25) is 0 Å². The van der Waals surface area contributed by atoms with E-state index in [1.54, 1.807) is 0 Å². The van der Waals surface area contributed by atoms with Crippen LogP contribution in [0.15, 0.2) is 23.4 Å². The van der Waals surface area contributed by atoms with Crippen molar-refractivity contribution in [3.05, 3.63) is 23.9 Å². The second kappa shape index (κ2) is 5.52. The highest BCUT2D eigenvalue weighted by Gasteiger charge is 2.19. The van der Waals surface area contributed by atoms with Crippen LogP contribution in [0.25, 0.3) is 0 Å². The highest BCUT2D eigenvalue weighted by molar-refractivity contribution is 7.99. The average Bonchev–Trinajstić information content (AvgIpc) is 3.09. The van der Waals surface area contributed by atoms with E-state index in [4.69, 9.17) is 0 Å². The highest BCUT2D eigenvalue weighted by Crippen LogP contribution is 2.20. The van der Waals surface area contributed by atoms with Gasteiger partial charge in [-0.25, -0.2) is 4.98 Å². The maximum absolute atomic E-state index is 4.44. The molecule has 0 bridgehead atoms. The fourth-order valence-corrected chi connectivity index (χ4v) is 2.06. The first-order valence-electron chi connectivity index (χ1n) is 5.69. The third kappa shape index (κ3) is 3.84. The van der Waals surface area contributed by atoms with E-state index in [9.17, 15) is 0 Å². The van der Waals surface area contributed by atoms with E-state index in [0.29, 0.717) is 0 Å². The molecule has 0 unspecified atom stereocenters. The van der Waals surface area contributed by atoms with E-state index in [1.165, 1.54) is 24.8 Å². The van der Waals surface area contributed by atoms with Crippen molar-refractivity contribution in [1.29, 1.82) is 0 Å². The second-order valence-electron chi connectivity index (χ2n) is 4.01. The zero-order valence-corrected chi connectivity index (χ0v) is 10.0. The van der Waals surface area contributed by atoms with Crippen LogP contribution in [0.1, 0.15) is 31.7 Å². The van der Waals surface area contributed by atoms with Crippen LogP contribution in [0.4, 0.5) is 0 Å². The van der Waals surface area contributed by atoms with Gasteiger partial charge >= 0.3 is 0 Å². The molecule has 1 aromatic rings. The predicted molar refractivity (Wildman–Crippen MR) is 65.1 cm³/mol. The lowest BCUT2D eigenvalue weighted by Crippen LogP contribution is -2.15. The van der Waals surface area contributed by atoms with Gasteiger partial charge in [0, 0.05) is 18.8 Å². The van der Waals surface area contributed by atoms with Crippen LogP contribution < -0.4 is 5.32 Å². The van der Waals surface area contributed by atoms with Gasteiger partial charge in [-0.1, -0.05) is 13.0 Å². The molecule has 82 valence electrons. The molecular weight excluding hydrogens is 204 g/mol. The Hall–Kier alpha value is -0.540. The Bertz CT molecular complexity index is 293. The molecule has 0 spiro atoms. The molecule has 15 heavy (non-hydrogen) atoms. The van der Waals surface area contributed by atoms with Crippen LogP contribution in [-0.4, -0.2) is 16.8 Å². The van der Waals surface area contributed by atoms with Crippen molar-refractivity contribution in [1.82, 2.24) is 10.3 Å². The van der Waals surface area contributed by atoms with E-state index < -0.39 is 0 Å². The molecule has 0 saturated heterocycles. The quantitative estimate of drug-likeness (QED) is 0.749. The van der Waals surface area contributed by atoms with Gasteiger partial charge in [-0.3, -0.25) is 0 Å². The Kier molecular flexibility index (Phi) is 4.03. The van der Waals surface area contributed by atoms with Gasteiger partial charge in [0.25, 0.3) is 0 Å². The van der Waals surface area contributed by atoms with Gasteiger partial charge in [0.1, 0.15) is 0 Å². The zero-order valence-electron chi connectivity index (χ0n) is 9.20. The topological polar surface area (TPSA) is 24.9 Å². The first kappa shape index (κ1) is 11.0. The molecule has 1 fully saturated rings. The smallest absolute Gasteiger partial charge is 0.0960 e. The van der Waals surface area contributed by atoms with Crippen LogP contribution in [0.2, 0.25) is 0 Å². The molecular formula is C12H18N2S. The Balaban J connectivity index is 1.79. The normalized spacial score (nSPS) is 15.5. The summed E-state index contributed by atoms with van der Waals surface area (Å²) in [4.78, 5) is 4.44. The summed E-state index contributed by atoms with van der Waals surface area (Å²) in [6.07, 6.45) is 5.89. The number of rotatable bonds is 6. The summed E-state index contributed by atoms with van der Waals surface area (Å²) in [5.74, 6) is 1.16. The van der Waals surface area contributed by atoms with Crippen LogP contribution in [0.3, 0.4) is 0 Å². The minimum atomic E-state index is 0.777. The molecule has 0 aliphatic heterocycles. The molecule has 0 amide bonds. The minimum Gasteiger partial charge on any atom is -0.310 e. The summed E-state index contributed by atoms with van der Waals surface area (Å²) < 4.78 is 0. The molecule has 0 atom stereocenters. The third-order valence-electron chi connectivity index (χ3n) is 2.42. The Morgan fingerprint density at radius 2 is 2.33 bits per heavy atom. The lowest BCUT2D eigenvalue weighted by molar-refractivity contribution is 0.685. The molecule has 1 heterocycles. The van der Waals surface area contributed by atoms with Crippen molar-refractivity contribution in [2.45, 2.75) is 43.8 Å². The first-order chi connectivity index (χ1) is 7.38. The number of aromatic nitrogens is 1. The summed E-state index contributed by atoms with van der Waals surface area (Å²) in [6.45, 7) is 3.16.